The van der Waals surface area contributed by atoms with Crippen LogP contribution < -0.4 is 0 Å². The normalized spacial score (nSPS) is 11.9. The van der Waals surface area contributed by atoms with Gasteiger partial charge in [-0.05, 0) is 69.5 Å². The Bertz CT molecular complexity index is 3650. The molecule has 5 heterocycles. The molecular weight excluding hydrogens is 836 g/mol. The second-order valence-electron chi connectivity index (χ2n) is 14.4. The van der Waals surface area contributed by atoms with E-state index in [1.54, 1.807) is 11.3 Å². The Hall–Kier alpha value is -6.71. The molecule has 0 aliphatic carbocycles. The van der Waals surface area contributed by atoms with Gasteiger partial charge >= 0.3 is 0 Å². The van der Waals surface area contributed by atoms with E-state index in [1.807, 2.05) is 78.9 Å². The van der Waals surface area contributed by atoms with Gasteiger partial charge in [-0.15, -0.1) is 11.3 Å². The molecule has 12 aromatic rings. The Balaban J connectivity index is 0.995. The van der Waals surface area contributed by atoms with E-state index >= 15 is 0 Å². The average Bonchev–Trinajstić information content (AvgIpc) is 3.98. The highest BCUT2D eigenvalue weighted by atomic mass is 79.9. The van der Waals surface area contributed by atoms with Crippen molar-refractivity contribution in [1.82, 2.24) is 19.9 Å². The summed E-state index contributed by atoms with van der Waals surface area (Å²) in [5.41, 5.74) is 11.9. The van der Waals surface area contributed by atoms with E-state index in [2.05, 4.69) is 94.8 Å². The third kappa shape index (κ3) is 5.52. The molecule has 12 rings (SSSR count). The number of furan rings is 2. The molecule has 5 aromatic heterocycles. The fourth-order valence-corrected chi connectivity index (χ4v) is 10.2. The number of benzene rings is 7. The first kappa shape index (κ1) is 34.3. The van der Waals surface area contributed by atoms with Crippen molar-refractivity contribution in [3.8, 4) is 56.4 Å². The van der Waals surface area contributed by atoms with Gasteiger partial charge in [0.2, 0.25) is 0 Å². The number of para-hydroxylation sites is 1. The summed E-state index contributed by atoms with van der Waals surface area (Å²) in [4.78, 5) is 20.8. The van der Waals surface area contributed by atoms with E-state index in [0.717, 1.165) is 102 Å². The van der Waals surface area contributed by atoms with Gasteiger partial charge < -0.3 is 8.83 Å². The third-order valence-corrected chi connectivity index (χ3v) is 13.0. The molecule has 7 aromatic carbocycles. The summed E-state index contributed by atoms with van der Waals surface area (Å²) in [5, 5.41) is 4.53. The fourth-order valence-electron chi connectivity index (χ4n) is 8.15. The first-order chi connectivity index (χ1) is 29.1. The van der Waals surface area contributed by atoms with E-state index < -0.39 is 0 Å². The van der Waals surface area contributed by atoms with Crippen LogP contribution in [0.1, 0.15) is 0 Å². The maximum Gasteiger partial charge on any atom is 0.180 e. The zero-order valence-corrected chi connectivity index (χ0v) is 33.9. The molecule has 0 aliphatic rings. The largest absolute Gasteiger partial charge is 0.456 e. The fraction of sp³-hybridized carbons (Fsp3) is 0. The molecule has 0 aliphatic heterocycles. The minimum absolute atomic E-state index is 0.587. The molecule has 0 bridgehead atoms. The summed E-state index contributed by atoms with van der Waals surface area (Å²) < 4.78 is 15.8. The molecule has 278 valence electrons. The van der Waals surface area contributed by atoms with E-state index in [4.69, 9.17) is 40.4 Å². The van der Waals surface area contributed by atoms with Crippen LogP contribution in [0.5, 0.6) is 0 Å². The maximum absolute atomic E-state index is 6.79. The summed E-state index contributed by atoms with van der Waals surface area (Å²) in [5.74, 6) is 1.23. The third-order valence-electron chi connectivity index (χ3n) is 10.9. The lowest BCUT2D eigenvalue weighted by Crippen LogP contribution is -1.95. The highest BCUT2D eigenvalue weighted by molar-refractivity contribution is 9.10. The summed E-state index contributed by atoms with van der Waals surface area (Å²) in [6.45, 7) is 0. The van der Waals surface area contributed by atoms with Gasteiger partial charge in [0.05, 0.1) is 26.3 Å². The van der Waals surface area contributed by atoms with Crippen LogP contribution in [0.2, 0.25) is 5.02 Å². The van der Waals surface area contributed by atoms with Crippen molar-refractivity contribution in [2.45, 2.75) is 0 Å². The van der Waals surface area contributed by atoms with E-state index in [1.165, 1.54) is 0 Å². The lowest BCUT2D eigenvalue weighted by Gasteiger charge is -2.10. The van der Waals surface area contributed by atoms with Crippen molar-refractivity contribution in [2.75, 3.05) is 0 Å². The number of rotatable bonds is 5. The molecule has 9 heteroatoms. The average molecular weight is 862 g/mol. The molecular formula is C50H26BrClN4O2S. The van der Waals surface area contributed by atoms with Crippen LogP contribution in [0.15, 0.2) is 171 Å². The summed E-state index contributed by atoms with van der Waals surface area (Å²) in [6, 6.07) is 53.1. The number of hydrogen-bond donors (Lipinski definition) is 0. The van der Waals surface area contributed by atoms with Gasteiger partial charge in [-0.2, -0.15) is 0 Å². The molecule has 59 heavy (non-hydrogen) atoms. The molecule has 0 spiro atoms. The van der Waals surface area contributed by atoms with Gasteiger partial charge in [0.25, 0.3) is 0 Å². The standard InChI is InChI=1S/C50H26BrClN4O2S/c51-34-16-8-20-38-41(34)45-47(58-38)43(53-50(55-45)33-15-7-19-37-40(33)32-14-4-5-18-36(32)57-37)31-13-6-12-30(26-31)27-22-24-29(25-23-27)49-54-44(28-10-2-1-3-11-28)48-46(56-49)42-35(52)17-9-21-39(42)59-48/h1-26H. The molecule has 0 saturated heterocycles. The van der Waals surface area contributed by atoms with E-state index in [-0.39, 0.29) is 0 Å². The van der Waals surface area contributed by atoms with E-state index in [9.17, 15) is 0 Å². The minimum atomic E-state index is 0.587. The van der Waals surface area contributed by atoms with Crippen LogP contribution in [0.4, 0.5) is 0 Å². The smallest absolute Gasteiger partial charge is 0.180 e. The minimum Gasteiger partial charge on any atom is -0.456 e. The van der Waals surface area contributed by atoms with Crippen LogP contribution in [0, 0.1) is 0 Å². The SMILES string of the molecule is Clc1cccc2sc3c(-c4ccccc4)nc(-c4ccc(-c5cccc(-c6nc(-c7cccc8oc9ccccc9c78)nc7c6oc6cccc(Br)c67)c5)cc4)nc3c12. The van der Waals surface area contributed by atoms with Crippen LogP contribution >= 0.6 is 38.9 Å². The Morgan fingerprint density at radius 1 is 0.475 bits per heavy atom. The molecule has 6 nitrogen and oxygen atoms in total. The van der Waals surface area contributed by atoms with Crippen LogP contribution in [0.3, 0.4) is 0 Å². The van der Waals surface area contributed by atoms with Crippen molar-refractivity contribution in [1.29, 1.82) is 0 Å². The summed E-state index contributed by atoms with van der Waals surface area (Å²) in [7, 11) is 0. The zero-order valence-electron chi connectivity index (χ0n) is 30.8. The number of thiophene rings is 1. The van der Waals surface area contributed by atoms with Gasteiger partial charge in [-0.1, -0.05) is 127 Å². The quantitative estimate of drug-likeness (QED) is 0.172. The highest BCUT2D eigenvalue weighted by Gasteiger charge is 2.23. The van der Waals surface area contributed by atoms with Crippen molar-refractivity contribution in [3.05, 3.63) is 167 Å². The molecule has 0 fully saturated rings. The molecule has 0 atom stereocenters. The Morgan fingerprint density at radius 2 is 1.15 bits per heavy atom. The number of nitrogens with zero attached hydrogens (tertiary/aromatic N) is 4. The second-order valence-corrected chi connectivity index (χ2v) is 16.7. The van der Waals surface area contributed by atoms with E-state index in [0.29, 0.717) is 27.9 Å². The van der Waals surface area contributed by atoms with Crippen molar-refractivity contribution in [3.63, 3.8) is 0 Å². The Kier molecular flexibility index (Phi) is 7.82. The highest BCUT2D eigenvalue weighted by Crippen LogP contribution is 2.44. The second kappa shape index (κ2) is 13.4. The predicted molar refractivity (Wildman–Crippen MR) is 245 cm³/mol. The van der Waals surface area contributed by atoms with Gasteiger partial charge in [0, 0.05) is 47.6 Å². The number of aromatic nitrogens is 4. The van der Waals surface area contributed by atoms with Gasteiger partial charge in [0.15, 0.2) is 17.2 Å². The van der Waals surface area contributed by atoms with Crippen LogP contribution in [-0.4, -0.2) is 19.9 Å². The molecule has 0 amide bonds. The lowest BCUT2D eigenvalue weighted by molar-refractivity contribution is 0.667. The molecule has 0 saturated carbocycles. The number of hydrogen-bond acceptors (Lipinski definition) is 7. The van der Waals surface area contributed by atoms with Crippen molar-refractivity contribution < 1.29 is 8.83 Å². The summed E-state index contributed by atoms with van der Waals surface area (Å²) in [6.07, 6.45) is 0. The topological polar surface area (TPSA) is 77.8 Å². The van der Waals surface area contributed by atoms with Gasteiger partial charge in [-0.3, -0.25) is 0 Å². The van der Waals surface area contributed by atoms with Gasteiger partial charge in [-0.25, -0.2) is 19.9 Å². The monoisotopic (exact) mass is 860 g/mol. The number of fused-ring (bicyclic) bond motifs is 9. The lowest BCUT2D eigenvalue weighted by atomic mass is 9.99. The van der Waals surface area contributed by atoms with Crippen LogP contribution in [-0.2, 0) is 0 Å². The van der Waals surface area contributed by atoms with Gasteiger partial charge in [0.1, 0.15) is 28.0 Å². The predicted octanol–water partition coefficient (Wildman–Crippen LogP) is 15.2. The summed E-state index contributed by atoms with van der Waals surface area (Å²) >= 11 is 12.2. The molecule has 0 radical (unpaired) electrons. The Labute approximate surface area is 353 Å². The molecule has 0 N–H and O–H groups in total. The van der Waals surface area contributed by atoms with Crippen LogP contribution in [0.25, 0.3) is 121 Å². The zero-order chi connectivity index (χ0) is 39.2. The van der Waals surface area contributed by atoms with Crippen molar-refractivity contribution >= 4 is 103 Å². The maximum atomic E-state index is 6.79. The first-order valence-electron chi connectivity index (χ1n) is 19.0. The molecule has 0 unspecified atom stereocenters. The number of halogens is 2. The first-order valence-corrected chi connectivity index (χ1v) is 21.0. The Morgan fingerprint density at radius 3 is 2.03 bits per heavy atom. The van der Waals surface area contributed by atoms with Crippen molar-refractivity contribution in [2.24, 2.45) is 0 Å².